The fourth-order valence-corrected chi connectivity index (χ4v) is 2.86. The Kier molecular flexibility index (Phi) is 5.21. The van der Waals surface area contributed by atoms with Crippen LogP contribution in [-0.2, 0) is 9.84 Å². The first-order chi connectivity index (χ1) is 8.12. The Hall–Kier alpha value is -0.130. The lowest BCUT2D eigenvalue weighted by molar-refractivity contribution is 0.174. The zero-order chi connectivity index (χ0) is 14.0. The molecule has 18 heavy (non-hydrogen) atoms. The number of hydrogen-bond donors (Lipinski definition) is 1. The molecule has 108 valence electrons. The Morgan fingerprint density at radius 3 is 2.00 bits per heavy atom. The van der Waals surface area contributed by atoms with Gasteiger partial charge in [-0.15, -0.1) is 0 Å². The number of hydrogen-bond acceptors (Lipinski definition) is 4. The zero-order valence-electron chi connectivity index (χ0n) is 12.4. The first-order valence-electron chi connectivity index (χ1n) is 6.74. The van der Waals surface area contributed by atoms with E-state index in [-0.39, 0.29) is 0 Å². The maximum Gasteiger partial charge on any atom is 0.153 e. The molecule has 4 nitrogen and oxygen atoms in total. The van der Waals surface area contributed by atoms with Crippen LogP contribution in [0.2, 0.25) is 0 Å². The Morgan fingerprint density at radius 2 is 1.61 bits per heavy atom. The van der Waals surface area contributed by atoms with E-state index in [1.54, 1.807) is 0 Å². The molecule has 1 aliphatic rings. The second-order valence-corrected chi connectivity index (χ2v) is 9.24. The molecular formula is C13H28N2O2S. The minimum atomic E-state index is -3.02. The molecule has 1 N–H and O–H groups in total. The molecule has 0 spiro atoms. The molecule has 0 aliphatic carbocycles. The van der Waals surface area contributed by atoms with Crippen molar-refractivity contribution in [2.45, 2.75) is 32.4 Å². The lowest BCUT2D eigenvalue weighted by Gasteiger charge is -2.36. The van der Waals surface area contributed by atoms with Crippen molar-refractivity contribution in [3.63, 3.8) is 0 Å². The lowest BCUT2D eigenvalue weighted by atomic mass is 10.0. The molecule has 1 rings (SSSR count). The fourth-order valence-electron chi connectivity index (χ4n) is 2.45. The fraction of sp³-hybridized carbons (Fsp3) is 1.00. The van der Waals surface area contributed by atoms with Gasteiger partial charge in [0.25, 0.3) is 0 Å². The number of nitrogens with zero attached hydrogens (tertiary/aromatic N) is 1. The molecule has 0 aromatic rings. The largest absolute Gasteiger partial charge is 0.316 e. The predicted octanol–water partition coefficient (Wildman–Crippen LogP) is 0.987. The molecule has 1 heterocycles. The van der Waals surface area contributed by atoms with Crippen LogP contribution in [0.4, 0.5) is 0 Å². The van der Waals surface area contributed by atoms with Gasteiger partial charge in [-0.3, -0.25) is 0 Å². The third kappa shape index (κ3) is 4.52. The minimum absolute atomic E-state index is 0.563. The summed E-state index contributed by atoms with van der Waals surface area (Å²) in [4.78, 5) is 2.32. The van der Waals surface area contributed by atoms with Gasteiger partial charge >= 0.3 is 0 Å². The van der Waals surface area contributed by atoms with E-state index in [0.717, 1.165) is 26.2 Å². The lowest BCUT2D eigenvalue weighted by Crippen LogP contribution is -2.49. The first-order valence-corrected chi connectivity index (χ1v) is 8.63. The highest BCUT2D eigenvalue weighted by molar-refractivity contribution is 7.92. The van der Waals surface area contributed by atoms with Crippen LogP contribution in [0.3, 0.4) is 0 Å². The topological polar surface area (TPSA) is 49.4 Å². The van der Waals surface area contributed by atoms with Crippen molar-refractivity contribution in [1.82, 2.24) is 10.2 Å². The number of rotatable bonds is 3. The molecule has 0 amide bonds. The van der Waals surface area contributed by atoms with Gasteiger partial charge in [0, 0.05) is 25.9 Å². The molecule has 1 fully saturated rings. The van der Waals surface area contributed by atoms with Crippen LogP contribution in [-0.4, -0.2) is 57.0 Å². The second kappa shape index (κ2) is 5.88. The summed E-state index contributed by atoms with van der Waals surface area (Å²) in [7, 11) is -3.02. The van der Waals surface area contributed by atoms with Gasteiger partial charge in [0.15, 0.2) is 9.84 Å². The van der Waals surface area contributed by atoms with Crippen LogP contribution in [0.15, 0.2) is 0 Å². The summed E-state index contributed by atoms with van der Waals surface area (Å²) in [5, 5.41) is 3.46. The van der Waals surface area contributed by atoms with Crippen molar-refractivity contribution in [3.05, 3.63) is 0 Å². The highest BCUT2D eigenvalue weighted by Gasteiger charge is 2.33. The maximum atomic E-state index is 11.8. The van der Waals surface area contributed by atoms with Crippen LogP contribution in [0.5, 0.6) is 0 Å². The summed E-state index contributed by atoms with van der Waals surface area (Å²) in [6.07, 6.45) is 1.34. The summed E-state index contributed by atoms with van der Waals surface area (Å²) in [5.74, 6) is 1.13. The molecule has 2 unspecified atom stereocenters. The molecule has 0 aromatic heterocycles. The Labute approximate surface area is 112 Å². The van der Waals surface area contributed by atoms with Crippen molar-refractivity contribution in [2.75, 3.05) is 39.0 Å². The van der Waals surface area contributed by atoms with E-state index in [9.17, 15) is 8.42 Å². The normalized spacial score (nSPS) is 28.7. The molecule has 0 saturated carbocycles. The second-order valence-electron chi connectivity index (χ2n) is 6.59. The SMILES string of the molecule is CC1CNCC(C)CN(CC(C)(C)S(C)(=O)=O)C1. The van der Waals surface area contributed by atoms with Gasteiger partial charge in [0.2, 0.25) is 0 Å². The van der Waals surface area contributed by atoms with Crippen LogP contribution >= 0.6 is 0 Å². The summed E-state index contributed by atoms with van der Waals surface area (Å²) >= 11 is 0. The highest BCUT2D eigenvalue weighted by atomic mass is 32.2. The van der Waals surface area contributed by atoms with E-state index in [1.165, 1.54) is 6.26 Å². The summed E-state index contributed by atoms with van der Waals surface area (Å²) in [6, 6.07) is 0. The van der Waals surface area contributed by atoms with Gasteiger partial charge in [0.05, 0.1) is 4.75 Å². The molecule has 0 bridgehead atoms. The number of nitrogens with one attached hydrogen (secondary N) is 1. The van der Waals surface area contributed by atoms with Crippen molar-refractivity contribution in [1.29, 1.82) is 0 Å². The molecule has 2 atom stereocenters. The third-order valence-electron chi connectivity index (χ3n) is 3.73. The van der Waals surface area contributed by atoms with Gasteiger partial charge in [-0.25, -0.2) is 8.42 Å². The van der Waals surface area contributed by atoms with Crippen molar-refractivity contribution >= 4 is 9.84 Å². The van der Waals surface area contributed by atoms with E-state index in [0.29, 0.717) is 18.4 Å². The van der Waals surface area contributed by atoms with Gasteiger partial charge in [0.1, 0.15) is 0 Å². The van der Waals surface area contributed by atoms with Crippen molar-refractivity contribution in [3.8, 4) is 0 Å². The predicted molar refractivity (Wildman–Crippen MR) is 76.6 cm³/mol. The van der Waals surface area contributed by atoms with Gasteiger partial charge in [-0.1, -0.05) is 13.8 Å². The van der Waals surface area contributed by atoms with E-state index < -0.39 is 14.6 Å². The van der Waals surface area contributed by atoms with Gasteiger partial charge in [-0.2, -0.15) is 0 Å². The van der Waals surface area contributed by atoms with Crippen LogP contribution in [0.1, 0.15) is 27.7 Å². The van der Waals surface area contributed by atoms with Crippen LogP contribution < -0.4 is 5.32 Å². The Bertz CT molecular complexity index is 353. The molecule has 0 aromatic carbocycles. The average molecular weight is 276 g/mol. The molecule has 1 saturated heterocycles. The Morgan fingerprint density at radius 1 is 1.17 bits per heavy atom. The summed E-state index contributed by atoms with van der Waals surface area (Å²) < 4.78 is 22.9. The van der Waals surface area contributed by atoms with Crippen LogP contribution in [0, 0.1) is 11.8 Å². The van der Waals surface area contributed by atoms with Gasteiger partial charge < -0.3 is 10.2 Å². The van der Waals surface area contributed by atoms with E-state index in [4.69, 9.17) is 0 Å². The molecule has 0 radical (unpaired) electrons. The van der Waals surface area contributed by atoms with E-state index in [2.05, 4.69) is 24.1 Å². The van der Waals surface area contributed by atoms with Crippen molar-refractivity contribution < 1.29 is 8.42 Å². The van der Waals surface area contributed by atoms with Crippen molar-refractivity contribution in [2.24, 2.45) is 11.8 Å². The zero-order valence-corrected chi connectivity index (χ0v) is 13.2. The van der Waals surface area contributed by atoms with Gasteiger partial charge in [-0.05, 0) is 38.8 Å². The molecule has 5 heteroatoms. The maximum absolute atomic E-state index is 11.8. The van der Waals surface area contributed by atoms with Crippen LogP contribution in [0.25, 0.3) is 0 Å². The summed E-state index contributed by atoms with van der Waals surface area (Å²) in [6.45, 7) is 12.7. The Balaban J connectivity index is 2.73. The smallest absolute Gasteiger partial charge is 0.153 e. The quantitative estimate of drug-likeness (QED) is 0.835. The third-order valence-corrected chi connectivity index (χ3v) is 5.87. The van der Waals surface area contributed by atoms with E-state index >= 15 is 0 Å². The molecule has 1 aliphatic heterocycles. The minimum Gasteiger partial charge on any atom is -0.316 e. The number of sulfone groups is 1. The van der Waals surface area contributed by atoms with E-state index in [1.807, 2.05) is 13.8 Å². The average Bonchev–Trinajstić information content (AvgIpc) is 2.12. The molecular weight excluding hydrogens is 248 g/mol. The standard InChI is InChI=1S/C13H28N2O2S/c1-11-6-14-7-12(2)9-15(8-11)10-13(3,4)18(5,16)17/h11-12,14H,6-10H2,1-5H3. The monoisotopic (exact) mass is 276 g/mol. The first kappa shape index (κ1) is 15.9. The summed E-state index contributed by atoms with van der Waals surface area (Å²) in [5.41, 5.74) is 0. The highest BCUT2D eigenvalue weighted by Crippen LogP contribution is 2.19.